The van der Waals surface area contributed by atoms with Crippen LogP contribution in [0.3, 0.4) is 0 Å². The molecule has 1 aromatic rings. The number of aryl methyl sites for hydroxylation is 1. The topological polar surface area (TPSA) is 26.0 Å². The van der Waals surface area contributed by atoms with Gasteiger partial charge in [-0.2, -0.15) is 11.8 Å². The quantitative estimate of drug-likeness (QED) is 0.812. The maximum absolute atomic E-state index is 6.26. The van der Waals surface area contributed by atoms with Crippen molar-refractivity contribution in [2.45, 2.75) is 37.3 Å². The van der Waals surface area contributed by atoms with Crippen LogP contribution in [0.1, 0.15) is 36.1 Å². The number of hydrogen-bond acceptors (Lipinski definition) is 2. The lowest BCUT2D eigenvalue weighted by atomic mass is 9.95. The Balaban J connectivity index is 2.46. The molecule has 3 heteroatoms. The van der Waals surface area contributed by atoms with E-state index in [2.05, 4.69) is 19.9 Å². The maximum Gasteiger partial charge on any atom is 0.0452 e. The molecule has 2 rings (SSSR count). The molecule has 0 radical (unpaired) electrons. The number of benzene rings is 1. The third kappa shape index (κ3) is 2.03. The highest BCUT2D eigenvalue weighted by atomic mass is 35.5. The van der Waals surface area contributed by atoms with Crippen molar-refractivity contribution < 1.29 is 0 Å². The van der Waals surface area contributed by atoms with Gasteiger partial charge < -0.3 is 5.73 Å². The number of hydrogen-bond donors (Lipinski definition) is 1. The van der Waals surface area contributed by atoms with Crippen LogP contribution in [0.25, 0.3) is 0 Å². The molecule has 2 unspecified atom stereocenters. The summed E-state index contributed by atoms with van der Waals surface area (Å²) in [7, 11) is 0. The van der Waals surface area contributed by atoms with Gasteiger partial charge in [0.05, 0.1) is 0 Å². The second-order valence-electron chi connectivity index (χ2n) is 4.10. The summed E-state index contributed by atoms with van der Waals surface area (Å²) in [5.74, 6) is 1.00. The molecule has 0 aromatic heterocycles. The highest BCUT2D eigenvalue weighted by Gasteiger charge is 2.27. The second kappa shape index (κ2) is 4.36. The molecule has 0 fully saturated rings. The molecule has 2 atom stereocenters. The van der Waals surface area contributed by atoms with Crippen molar-refractivity contribution in [3.05, 3.63) is 33.8 Å². The fourth-order valence-corrected chi connectivity index (χ4v) is 3.83. The Labute approximate surface area is 100 Å². The van der Waals surface area contributed by atoms with Crippen LogP contribution < -0.4 is 5.73 Å². The average molecular weight is 242 g/mol. The van der Waals surface area contributed by atoms with Crippen LogP contribution in [0.5, 0.6) is 0 Å². The van der Waals surface area contributed by atoms with Gasteiger partial charge in [0.1, 0.15) is 0 Å². The largest absolute Gasteiger partial charge is 0.323 e. The molecule has 15 heavy (non-hydrogen) atoms. The molecular weight excluding hydrogens is 226 g/mol. The SMILES string of the molecule is CCC1SCc2c(Cl)cc(C)cc2C1N. The van der Waals surface area contributed by atoms with E-state index < -0.39 is 0 Å². The van der Waals surface area contributed by atoms with Crippen LogP contribution in [0, 0.1) is 6.92 Å². The van der Waals surface area contributed by atoms with Gasteiger partial charge in [-0.3, -0.25) is 0 Å². The molecule has 1 aromatic carbocycles. The Morgan fingerprint density at radius 3 is 2.93 bits per heavy atom. The van der Waals surface area contributed by atoms with Crippen LogP contribution in [0.15, 0.2) is 12.1 Å². The molecule has 0 spiro atoms. The van der Waals surface area contributed by atoms with Gasteiger partial charge in [0.2, 0.25) is 0 Å². The minimum absolute atomic E-state index is 0.140. The fraction of sp³-hybridized carbons (Fsp3) is 0.500. The summed E-state index contributed by atoms with van der Waals surface area (Å²) in [6, 6.07) is 4.36. The van der Waals surface area contributed by atoms with Crippen LogP contribution in [0.4, 0.5) is 0 Å². The molecule has 1 aliphatic rings. The summed E-state index contributed by atoms with van der Waals surface area (Å²) in [5, 5.41) is 1.41. The van der Waals surface area contributed by atoms with E-state index in [9.17, 15) is 0 Å². The van der Waals surface area contributed by atoms with Gasteiger partial charge in [0, 0.05) is 22.1 Å². The minimum Gasteiger partial charge on any atom is -0.323 e. The van der Waals surface area contributed by atoms with Gasteiger partial charge in [0.15, 0.2) is 0 Å². The lowest BCUT2D eigenvalue weighted by Gasteiger charge is -2.30. The molecule has 82 valence electrons. The van der Waals surface area contributed by atoms with Crippen molar-refractivity contribution in [2.24, 2.45) is 5.73 Å². The van der Waals surface area contributed by atoms with Crippen molar-refractivity contribution in [1.29, 1.82) is 0 Å². The van der Waals surface area contributed by atoms with Crippen LogP contribution in [-0.2, 0) is 5.75 Å². The number of halogens is 1. The van der Waals surface area contributed by atoms with E-state index in [0.717, 1.165) is 17.2 Å². The second-order valence-corrected chi connectivity index (χ2v) is 5.73. The van der Waals surface area contributed by atoms with E-state index in [1.807, 2.05) is 17.8 Å². The standard InChI is InChI=1S/C12H16ClNS/c1-3-11-12(14)8-4-7(2)5-10(13)9(8)6-15-11/h4-5,11-12H,3,6,14H2,1-2H3. The van der Waals surface area contributed by atoms with Crippen LogP contribution in [0.2, 0.25) is 5.02 Å². The molecule has 1 nitrogen and oxygen atoms in total. The molecule has 0 amide bonds. The molecule has 0 saturated heterocycles. The van der Waals surface area contributed by atoms with E-state index in [4.69, 9.17) is 17.3 Å². The Morgan fingerprint density at radius 1 is 1.53 bits per heavy atom. The molecule has 1 aliphatic heterocycles. The summed E-state index contributed by atoms with van der Waals surface area (Å²) < 4.78 is 0. The Kier molecular flexibility index (Phi) is 3.29. The molecule has 0 aliphatic carbocycles. The van der Waals surface area contributed by atoms with Gasteiger partial charge in [-0.05, 0) is 36.1 Å². The highest BCUT2D eigenvalue weighted by molar-refractivity contribution is 7.99. The van der Waals surface area contributed by atoms with Gasteiger partial charge in [-0.1, -0.05) is 24.6 Å². The first kappa shape index (κ1) is 11.3. The van der Waals surface area contributed by atoms with Crippen molar-refractivity contribution in [3.63, 3.8) is 0 Å². The lowest BCUT2D eigenvalue weighted by molar-refractivity contribution is 0.643. The number of fused-ring (bicyclic) bond motifs is 1. The monoisotopic (exact) mass is 241 g/mol. The van der Waals surface area contributed by atoms with Crippen molar-refractivity contribution in [2.75, 3.05) is 0 Å². The first-order chi connectivity index (χ1) is 7.13. The average Bonchev–Trinajstić information content (AvgIpc) is 2.19. The number of thioether (sulfide) groups is 1. The Hall–Kier alpha value is -0.180. The summed E-state index contributed by atoms with van der Waals surface area (Å²) in [5.41, 5.74) is 9.96. The minimum atomic E-state index is 0.140. The fourth-order valence-electron chi connectivity index (χ4n) is 2.11. The van der Waals surface area contributed by atoms with E-state index in [0.29, 0.717) is 5.25 Å². The predicted octanol–water partition coefficient (Wildman–Crippen LogP) is 3.67. The Bertz CT molecular complexity index is 378. The van der Waals surface area contributed by atoms with Crippen molar-refractivity contribution in [3.8, 4) is 0 Å². The van der Waals surface area contributed by atoms with E-state index >= 15 is 0 Å². The first-order valence-electron chi connectivity index (χ1n) is 5.29. The zero-order chi connectivity index (χ0) is 11.0. The zero-order valence-corrected chi connectivity index (χ0v) is 10.7. The molecule has 2 N–H and O–H groups in total. The van der Waals surface area contributed by atoms with E-state index in [-0.39, 0.29) is 6.04 Å². The van der Waals surface area contributed by atoms with Crippen LogP contribution in [-0.4, -0.2) is 5.25 Å². The van der Waals surface area contributed by atoms with Gasteiger partial charge >= 0.3 is 0 Å². The molecule has 0 saturated carbocycles. The third-order valence-corrected chi connectivity index (χ3v) is 4.83. The van der Waals surface area contributed by atoms with Gasteiger partial charge in [-0.15, -0.1) is 0 Å². The normalized spacial score (nSPS) is 25.1. The smallest absolute Gasteiger partial charge is 0.0452 e. The van der Waals surface area contributed by atoms with E-state index in [1.54, 1.807) is 0 Å². The summed E-state index contributed by atoms with van der Waals surface area (Å²) >= 11 is 8.16. The highest BCUT2D eigenvalue weighted by Crippen LogP contribution is 2.41. The number of rotatable bonds is 1. The van der Waals surface area contributed by atoms with Gasteiger partial charge in [-0.25, -0.2) is 0 Å². The number of nitrogens with two attached hydrogens (primary N) is 1. The lowest BCUT2D eigenvalue weighted by Crippen LogP contribution is -2.28. The molecule has 0 bridgehead atoms. The third-order valence-electron chi connectivity index (χ3n) is 2.98. The Morgan fingerprint density at radius 2 is 2.27 bits per heavy atom. The molecule has 1 heterocycles. The summed E-state index contributed by atoms with van der Waals surface area (Å²) in [4.78, 5) is 0. The van der Waals surface area contributed by atoms with Crippen molar-refractivity contribution >= 4 is 23.4 Å². The van der Waals surface area contributed by atoms with E-state index in [1.165, 1.54) is 16.7 Å². The van der Waals surface area contributed by atoms with Crippen molar-refractivity contribution in [1.82, 2.24) is 0 Å². The summed E-state index contributed by atoms with van der Waals surface area (Å²) in [6.45, 7) is 4.27. The van der Waals surface area contributed by atoms with Crippen LogP contribution >= 0.6 is 23.4 Å². The van der Waals surface area contributed by atoms with Gasteiger partial charge in [0.25, 0.3) is 0 Å². The first-order valence-corrected chi connectivity index (χ1v) is 6.72. The molecular formula is C12H16ClNS. The zero-order valence-electron chi connectivity index (χ0n) is 9.09. The predicted molar refractivity (Wildman–Crippen MR) is 68.5 cm³/mol. The maximum atomic E-state index is 6.26. The summed E-state index contributed by atoms with van der Waals surface area (Å²) in [6.07, 6.45) is 1.12.